The zero-order valence-electron chi connectivity index (χ0n) is 9.80. The lowest BCUT2D eigenvalue weighted by molar-refractivity contribution is 0.375. The van der Waals surface area contributed by atoms with Gasteiger partial charge >= 0.3 is 0 Å². The Bertz CT molecular complexity index is 483. The third kappa shape index (κ3) is 2.95. The van der Waals surface area contributed by atoms with Crippen LogP contribution in [0.3, 0.4) is 0 Å². The van der Waals surface area contributed by atoms with E-state index in [0.717, 1.165) is 21.7 Å². The van der Waals surface area contributed by atoms with Crippen LogP contribution in [0.2, 0.25) is 0 Å². The predicted octanol–water partition coefficient (Wildman–Crippen LogP) is 2.38. The SMILES string of the molecule is CCc1noc(C(C)Sc2nnc(NC)s2)n1. The molecule has 2 rings (SSSR count). The lowest BCUT2D eigenvalue weighted by Gasteiger charge is -2.01. The molecule has 2 aromatic heterocycles. The number of rotatable bonds is 5. The Labute approximate surface area is 107 Å². The van der Waals surface area contributed by atoms with E-state index in [1.807, 2.05) is 20.9 Å². The number of hydrogen-bond acceptors (Lipinski definition) is 8. The van der Waals surface area contributed by atoms with Crippen molar-refractivity contribution in [3.05, 3.63) is 11.7 Å². The van der Waals surface area contributed by atoms with Crippen LogP contribution < -0.4 is 5.32 Å². The summed E-state index contributed by atoms with van der Waals surface area (Å²) in [6.45, 7) is 4.01. The summed E-state index contributed by atoms with van der Waals surface area (Å²) in [7, 11) is 1.82. The van der Waals surface area contributed by atoms with E-state index in [9.17, 15) is 0 Å². The molecule has 6 nitrogen and oxygen atoms in total. The van der Waals surface area contributed by atoms with Crippen molar-refractivity contribution < 1.29 is 4.52 Å². The van der Waals surface area contributed by atoms with Crippen LogP contribution in [-0.2, 0) is 6.42 Å². The molecule has 1 N–H and O–H groups in total. The van der Waals surface area contributed by atoms with Crippen LogP contribution in [0.15, 0.2) is 8.86 Å². The number of anilines is 1. The monoisotopic (exact) mass is 271 g/mol. The van der Waals surface area contributed by atoms with Crippen molar-refractivity contribution in [3.8, 4) is 0 Å². The number of nitrogens with one attached hydrogen (secondary N) is 1. The summed E-state index contributed by atoms with van der Waals surface area (Å²) < 4.78 is 6.07. The third-order valence-corrected chi connectivity index (χ3v) is 4.16. The molecule has 0 bridgehead atoms. The van der Waals surface area contributed by atoms with Crippen molar-refractivity contribution >= 4 is 28.2 Å². The Morgan fingerprint density at radius 2 is 2.29 bits per heavy atom. The highest BCUT2D eigenvalue weighted by atomic mass is 32.2. The maximum atomic E-state index is 5.18. The highest BCUT2D eigenvalue weighted by molar-refractivity contribution is 8.01. The molecule has 0 fully saturated rings. The zero-order valence-corrected chi connectivity index (χ0v) is 11.4. The molecule has 8 heteroatoms. The molecule has 1 unspecified atom stereocenters. The minimum absolute atomic E-state index is 0.0838. The van der Waals surface area contributed by atoms with Crippen molar-refractivity contribution in [1.29, 1.82) is 0 Å². The highest BCUT2D eigenvalue weighted by Gasteiger charge is 2.17. The van der Waals surface area contributed by atoms with E-state index in [1.54, 1.807) is 11.8 Å². The molecule has 0 radical (unpaired) electrons. The van der Waals surface area contributed by atoms with Crippen LogP contribution in [0.5, 0.6) is 0 Å². The number of aryl methyl sites for hydroxylation is 1. The summed E-state index contributed by atoms with van der Waals surface area (Å²) in [6.07, 6.45) is 0.781. The van der Waals surface area contributed by atoms with Gasteiger partial charge in [-0.1, -0.05) is 35.2 Å². The Kier molecular flexibility index (Phi) is 3.95. The van der Waals surface area contributed by atoms with Gasteiger partial charge < -0.3 is 9.84 Å². The van der Waals surface area contributed by atoms with E-state index in [0.29, 0.717) is 5.89 Å². The predicted molar refractivity (Wildman–Crippen MR) is 67.4 cm³/mol. The topological polar surface area (TPSA) is 76.7 Å². The van der Waals surface area contributed by atoms with Crippen LogP contribution in [0.25, 0.3) is 0 Å². The molecule has 2 aromatic rings. The van der Waals surface area contributed by atoms with Crippen LogP contribution in [-0.4, -0.2) is 27.4 Å². The molecular weight excluding hydrogens is 258 g/mol. The van der Waals surface area contributed by atoms with Gasteiger partial charge in [0.1, 0.15) is 0 Å². The first kappa shape index (κ1) is 12.3. The van der Waals surface area contributed by atoms with Gasteiger partial charge in [-0.2, -0.15) is 4.98 Å². The van der Waals surface area contributed by atoms with E-state index in [1.165, 1.54) is 11.3 Å². The third-order valence-electron chi connectivity index (χ3n) is 2.05. The quantitative estimate of drug-likeness (QED) is 0.836. The molecule has 92 valence electrons. The fourth-order valence-corrected chi connectivity index (χ4v) is 3.02. The standard InChI is InChI=1S/C9H13N5OS2/c1-4-6-11-7(15-14-6)5(2)16-9-13-12-8(10-3)17-9/h5H,4H2,1-3H3,(H,10,12). The van der Waals surface area contributed by atoms with Gasteiger partial charge in [-0.05, 0) is 6.92 Å². The number of nitrogens with zero attached hydrogens (tertiary/aromatic N) is 4. The normalized spacial score (nSPS) is 12.6. The second-order valence-electron chi connectivity index (χ2n) is 3.29. The summed E-state index contributed by atoms with van der Waals surface area (Å²) in [4.78, 5) is 4.29. The second kappa shape index (κ2) is 5.46. The van der Waals surface area contributed by atoms with Crippen LogP contribution >= 0.6 is 23.1 Å². The number of hydrogen-bond donors (Lipinski definition) is 1. The second-order valence-corrected chi connectivity index (χ2v) is 5.85. The lowest BCUT2D eigenvalue weighted by atomic mass is 10.4. The van der Waals surface area contributed by atoms with E-state index in [4.69, 9.17) is 4.52 Å². The van der Waals surface area contributed by atoms with Crippen LogP contribution in [0.4, 0.5) is 5.13 Å². The molecule has 0 saturated carbocycles. The molecule has 0 saturated heterocycles. The number of aromatic nitrogens is 4. The molecule has 2 heterocycles. The summed E-state index contributed by atoms with van der Waals surface area (Å²) in [5.41, 5.74) is 0. The Hall–Kier alpha value is -1.15. The highest BCUT2D eigenvalue weighted by Crippen LogP contribution is 2.36. The summed E-state index contributed by atoms with van der Waals surface area (Å²) >= 11 is 3.07. The van der Waals surface area contributed by atoms with Gasteiger partial charge in [0.25, 0.3) is 0 Å². The molecule has 0 amide bonds. The largest absolute Gasteiger partial charge is 0.363 e. The van der Waals surface area contributed by atoms with Crippen molar-refractivity contribution in [3.63, 3.8) is 0 Å². The first-order chi connectivity index (χ1) is 8.22. The fourth-order valence-electron chi connectivity index (χ4n) is 1.14. The van der Waals surface area contributed by atoms with Gasteiger partial charge in [0.2, 0.25) is 11.0 Å². The zero-order chi connectivity index (χ0) is 12.3. The number of thioether (sulfide) groups is 1. The summed E-state index contributed by atoms with van der Waals surface area (Å²) in [5, 5.41) is 15.7. The summed E-state index contributed by atoms with van der Waals surface area (Å²) in [6, 6.07) is 0. The first-order valence-corrected chi connectivity index (χ1v) is 6.93. The van der Waals surface area contributed by atoms with Crippen LogP contribution in [0, 0.1) is 0 Å². The molecular formula is C9H13N5OS2. The van der Waals surface area contributed by atoms with Gasteiger partial charge in [0.15, 0.2) is 10.2 Å². The van der Waals surface area contributed by atoms with Gasteiger partial charge in [0.05, 0.1) is 5.25 Å². The smallest absolute Gasteiger partial charge is 0.239 e. The van der Waals surface area contributed by atoms with E-state index >= 15 is 0 Å². The summed E-state index contributed by atoms with van der Waals surface area (Å²) in [5.74, 6) is 1.37. The first-order valence-electron chi connectivity index (χ1n) is 5.23. The molecule has 0 aromatic carbocycles. The molecule has 0 aliphatic heterocycles. The maximum Gasteiger partial charge on any atom is 0.239 e. The van der Waals surface area contributed by atoms with Gasteiger partial charge in [-0.3, -0.25) is 0 Å². The average Bonchev–Trinajstić information content (AvgIpc) is 2.96. The van der Waals surface area contributed by atoms with Crippen molar-refractivity contribution in [2.45, 2.75) is 29.9 Å². The molecule has 1 atom stereocenters. The molecule has 0 spiro atoms. The minimum Gasteiger partial charge on any atom is -0.363 e. The van der Waals surface area contributed by atoms with Crippen molar-refractivity contribution in [1.82, 2.24) is 20.3 Å². The van der Waals surface area contributed by atoms with E-state index < -0.39 is 0 Å². The van der Waals surface area contributed by atoms with E-state index in [-0.39, 0.29) is 5.25 Å². The maximum absolute atomic E-state index is 5.18. The van der Waals surface area contributed by atoms with Gasteiger partial charge in [0, 0.05) is 13.5 Å². The Morgan fingerprint density at radius 1 is 1.47 bits per heavy atom. The van der Waals surface area contributed by atoms with Crippen molar-refractivity contribution in [2.24, 2.45) is 0 Å². The molecule has 0 aliphatic carbocycles. The van der Waals surface area contributed by atoms with E-state index in [2.05, 4.69) is 25.7 Å². The molecule has 0 aliphatic rings. The fraction of sp³-hybridized carbons (Fsp3) is 0.556. The van der Waals surface area contributed by atoms with Gasteiger partial charge in [-0.15, -0.1) is 10.2 Å². The lowest BCUT2D eigenvalue weighted by Crippen LogP contribution is -1.89. The Morgan fingerprint density at radius 3 is 2.88 bits per heavy atom. The average molecular weight is 271 g/mol. The van der Waals surface area contributed by atoms with Crippen molar-refractivity contribution in [2.75, 3.05) is 12.4 Å². The van der Waals surface area contributed by atoms with Gasteiger partial charge in [-0.25, -0.2) is 0 Å². The Balaban J connectivity index is 2.02. The molecule has 17 heavy (non-hydrogen) atoms. The minimum atomic E-state index is 0.0838. The van der Waals surface area contributed by atoms with Crippen LogP contribution in [0.1, 0.15) is 30.8 Å².